The third kappa shape index (κ3) is 5.24. The Labute approximate surface area is 227 Å². The average molecular weight is 551 g/mol. The van der Waals surface area contributed by atoms with Crippen LogP contribution in [0.25, 0.3) is 39.1 Å². The van der Waals surface area contributed by atoms with Gasteiger partial charge in [0.15, 0.2) is 0 Å². The molecule has 8 nitrogen and oxygen atoms in total. The molecule has 0 aliphatic rings. The molecule has 0 bridgehead atoms. The Morgan fingerprint density at radius 2 is 1.72 bits per heavy atom. The minimum atomic E-state index is -3.67. The van der Waals surface area contributed by atoms with Gasteiger partial charge in [-0.1, -0.05) is 6.08 Å². The van der Waals surface area contributed by atoms with Crippen LogP contribution in [0.3, 0.4) is 0 Å². The molecule has 0 spiro atoms. The van der Waals surface area contributed by atoms with Crippen LogP contribution in [0.5, 0.6) is 0 Å². The highest BCUT2D eigenvalue weighted by atomic mass is 32.2. The Kier molecular flexibility index (Phi) is 7.52. The van der Waals surface area contributed by atoms with Gasteiger partial charge in [0.25, 0.3) is 5.91 Å². The molecule has 0 atom stereocenters. The number of halogens is 1. The maximum Gasteiger partial charge on any atom is 0.255 e. The van der Waals surface area contributed by atoms with E-state index in [0.29, 0.717) is 33.5 Å². The second-order valence-electron chi connectivity index (χ2n) is 9.42. The number of nitrogens with zero attached hydrogens (tertiary/aromatic N) is 3. The maximum atomic E-state index is 13.6. The van der Waals surface area contributed by atoms with Crippen molar-refractivity contribution < 1.29 is 22.0 Å². The SMILES string of the molecule is CC=C(C)c1nc(-c2cc3c(C(=O)NC)c(-c4ccc(F)cc4)oc3cc2N(C)S(C)(=O)=O)ccc1N(C)C. The number of aromatic nitrogens is 1. The molecule has 0 radical (unpaired) electrons. The molecular formula is C29H31FN4O4S. The molecular weight excluding hydrogens is 519 g/mol. The van der Waals surface area contributed by atoms with Crippen LogP contribution in [0.2, 0.25) is 0 Å². The molecule has 0 saturated carbocycles. The fourth-order valence-corrected chi connectivity index (χ4v) is 4.83. The van der Waals surface area contributed by atoms with Gasteiger partial charge in [-0.05, 0) is 61.9 Å². The van der Waals surface area contributed by atoms with Crippen molar-refractivity contribution in [2.24, 2.45) is 0 Å². The van der Waals surface area contributed by atoms with E-state index in [0.717, 1.165) is 27.5 Å². The highest BCUT2D eigenvalue weighted by Gasteiger charge is 2.26. The number of rotatable bonds is 7. The van der Waals surface area contributed by atoms with E-state index in [-0.39, 0.29) is 11.3 Å². The third-order valence-corrected chi connectivity index (χ3v) is 7.83. The smallest absolute Gasteiger partial charge is 0.255 e. The van der Waals surface area contributed by atoms with Gasteiger partial charge in [0.05, 0.1) is 34.6 Å². The lowest BCUT2D eigenvalue weighted by Crippen LogP contribution is -2.25. The molecule has 1 amide bonds. The molecule has 1 N–H and O–H groups in total. The average Bonchev–Trinajstić information content (AvgIpc) is 3.28. The van der Waals surface area contributed by atoms with Gasteiger partial charge >= 0.3 is 0 Å². The van der Waals surface area contributed by atoms with E-state index in [4.69, 9.17) is 9.40 Å². The number of allylic oxidation sites excluding steroid dienone is 2. The number of carbonyl (C=O) groups excluding carboxylic acids is 1. The first kappa shape index (κ1) is 27.8. The molecule has 0 aliphatic carbocycles. The summed E-state index contributed by atoms with van der Waals surface area (Å²) < 4.78 is 46.2. The fraction of sp³-hybridized carbons (Fsp3) is 0.241. The molecule has 4 aromatic rings. The van der Waals surface area contributed by atoms with Gasteiger partial charge in [0.2, 0.25) is 10.0 Å². The number of anilines is 2. The second kappa shape index (κ2) is 10.5. The van der Waals surface area contributed by atoms with Gasteiger partial charge in [-0.2, -0.15) is 0 Å². The van der Waals surface area contributed by atoms with Gasteiger partial charge in [0.1, 0.15) is 17.2 Å². The minimum Gasteiger partial charge on any atom is -0.455 e. The largest absolute Gasteiger partial charge is 0.455 e. The number of carbonyl (C=O) groups is 1. The van der Waals surface area contributed by atoms with E-state index >= 15 is 0 Å². The number of amides is 1. The van der Waals surface area contributed by atoms with Crippen LogP contribution in [-0.4, -0.2) is 53.8 Å². The molecule has 0 unspecified atom stereocenters. The zero-order valence-corrected chi connectivity index (χ0v) is 23.8. The molecule has 0 saturated heterocycles. The van der Waals surface area contributed by atoms with E-state index < -0.39 is 21.7 Å². The number of sulfonamides is 1. The minimum absolute atomic E-state index is 0.246. The van der Waals surface area contributed by atoms with Crippen molar-refractivity contribution in [1.29, 1.82) is 0 Å². The van der Waals surface area contributed by atoms with Gasteiger partial charge in [-0.3, -0.25) is 9.10 Å². The fourth-order valence-electron chi connectivity index (χ4n) is 4.32. The quantitative estimate of drug-likeness (QED) is 0.324. The van der Waals surface area contributed by atoms with Gasteiger partial charge < -0.3 is 14.6 Å². The van der Waals surface area contributed by atoms with Gasteiger partial charge in [-0.25, -0.2) is 17.8 Å². The van der Waals surface area contributed by atoms with E-state index in [1.807, 2.05) is 51.1 Å². The predicted octanol–water partition coefficient (Wildman–Crippen LogP) is 5.55. The van der Waals surface area contributed by atoms with Gasteiger partial charge in [-0.15, -0.1) is 0 Å². The van der Waals surface area contributed by atoms with Gasteiger partial charge in [0, 0.05) is 50.8 Å². The van der Waals surface area contributed by atoms with E-state index in [9.17, 15) is 17.6 Å². The summed E-state index contributed by atoms with van der Waals surface area (Å²) in [5, 5.41) is 3.12. The molecule has 2 heterocycles. The van der Waals surface area contributed by atoms with Crippen molar-refractivity contribution in [3.05, 3.63) is 71.7 Å². The van der Waals surface area contributed by atoms with Crippen LogP contribution < -0.4 is 14.5 Å². The molecule has 10 heteroatoms. The molecule has 39 heavy (non-hydrogen) atoms. The van der Waals surface area contributed by atoms with Crippen LogP contribution in [-0.2, 0) is 10.0 Å². The third-order valence-electron chi connectivity index (χ3n) is 6.64. The molecule has 0 fully saturated rings. The summed E-state index contributed by atoms with van der Waals surface area (Å²) in [5.41, 5.74) is 5.03. The zero-order chi connectivity index (χ0) is 28.6. The Balaban J connectivity index is 2.10. The first-order chi connectivity index (χ1) is 18.4. The topological polar surface area (TPSA) is 95.7 Å². The number of furan rings is 1. The maximum absolute atomic E-state index is 13.6. The number of nitrogens with one attached hydrogen (secondary N) is 1. The van der Waals surface area contributed by atoms with Crippen LogP contribution in [0.1, 0.15) is 29.9 Å². The van der Waals surface area contributed by atoms with Crippen molar-refractivity contribution in [3.63, 3.8) is 0 Å². The summed E-state index contributed by atoms with van der Waals surface area (Å²) >= 11 is 0. The molecule has 4 rings (SSSR count). The van der Waals surface area contributed by atoms with Crippen molar-refractivity contribution >= 4 is 43.8 Å². The van der Waals surface area contributed by atoms with Crippen LogP contribution in [0.4, 0.5) is 15.8 Å². The first-order valence-electron chi connectivity index (χ1n) is 12.2. The number of fused-ring (bicyclic) bond motifs is 1. The first-order valence-corrected chi connectivity index (χ1v) is 14.1. The number of pyridine rings is 1. The highest BCUT2D eigenvalue weighted by molar-refractivity contribution is 7.92. The molecule has 2 aromatic carbocycles. The summed E-state index contributed by atoms with van der Waals surface area (Å²) in [5.74, 6) is -0.574. The summed E-state index contributed by atoms with van der Waals surface area (Å²) in [7, 11) is 3.15. The van der Waals surface area contributed by atoms with Crippen LogP contribution in [0, 0.1) is 5.82 Å². The van der Waals surface area contributed by atoms with Crippen molar-refractivity contribution in [2.75, 3.05) is 43.7 Å². The molecule has 2 aromatic heterocycles. The lowest BCUT2D eigenvalue weighted by Gasteiger charge is -2.22. The summed E-state index contributed by atoms with van der Waals surface area (Å²) in [4.78, 5) is 20.0. The Hall–Kier alpha value is -4.18. The van der Waals surface area contributed by atoms with Crippen molar-refractivity contribution in [2.45, 2.75) is 13.8 Å². The van der Waals surface area contributed by atoms with E-state index in [1.54, 1.807) is 12.1 Å². The van der Waals surface area contributed by atoms with Crippen LogP contribution >= 0.6 is 0 Å². The number of hydrogen-bond donors (Lipinski definition) is 1. The molecule has 0 aliphatic heterocycles. The summed E-state index contributed by atoms with van der Waals surface area (Å²) in [6, 6.07) is 12.7. The number of benzene rings is 2. The second-order valence-corrected chi connectivity index (χ2v) is 11.4. The number of hydrogen-bond acceptors (Lipinski definition) is 6. The standard InChI is InChI=1S/C29H31FN4O4S/c1-8-17(2)27-23(33(4)5)14-13-22(32-27)20-15-21-25(16-24(20)34(6)39(7,36)37)38-28(26(21)29(35)31-3)18-9-11-19(30)12-10-18/h8-16H,1-7H3,(H,31,35). The van der Waals surface area contributed by atoms with E-state index in [1.165, 1.54) is 38.4 Å². The Morgan fingerprint density at radius 3 is 2.28 bits per heavy atom. The highest BCUT2D eigenvalue weighted by Crippen LogP contribution is 2.41. The van der Waals surface area contributed by atoms with Crippen LogP contribution in [0.15, 0.2) is 59.0 Å². The lowest BCUT2D eigenvalue weighted by molar-refractivity contribution is 0.0964. The van der Waals surface area contributed by atoms with E-state index in [2.05, 4.69) is 5.32 Å². The Morgan fingerprint density at radius 1 is 1.05 bits per heavy atom. The monoisotopic (exact) mass is 550 g/mol. The van der Waals surface area contributed by atoms with Crippen molar-refractivity contribution in [3.8, 4) is 22.6 Å². The lowest BCUT2D eigenvalue weighted by atomic mass is 10.00. The Bertz CT molecular complexity index is 1710. The molecule has 204 valence electrons. The normalized spacial score (nSPS) is 12.1. The summed E-state index contributed by atoms with van der Waals surface area (Å²) in [6.45, 7) is 3.89. The predicted molar refractivity (Wildman–Crippen MR) is 155 cm³/mol. The van der Waals surface area contributed by atoms with Crippen molar-refractivity contribution in [1.82, 2.24) is 10.3 Å². The zero-order valence-electron chi connectivity index (χ0n) is 23.0. The summed E-state index contributed by atoms with van der Waals surface area (Å²) in [6.07, 6.45) is 3.07.